The average Bonchev–Trinajstić information content (AvgIpc) is 3.32. The minimum Gasteiger partial charge on any atom is -0.472 e. The van der Waals surface area contributed by atoms with Gasteiger partial charge in [0.25, 0.3) is 0 Å². The third-order valence-corrected chi connectivity index (χ3v) is 4.82. The van der Waals surface area contributed by atoms with E-state index in [1.807, 2.05) is 17.2 Å². The van der Waals surface area contributed by atoms with Crippen LogP contribution < -0.4 is 5.32 Å². The van der Waals surface area contributed by atoms with Crippen LogP contribution in [0.4, 0.5) is 4.79 Å². The third kappa shape index (κ3) is 3.17. The van der Waals surface area contributed by atoms with Gasteiger partial charge in [-0.2, -0.15) is 5.10 Å². The van der Waals surface area contributed by atoms with E-state index in [0.717, 1.165) is 45.6 Å². The molecule has 2 aliphatic heterocycles. The van der Waals surface area contributed by atoms with E-state index in [-0.39, 0.29) is 12.1 Å². The van der Waals surface area contributed by atoms with E-state index in [4.69, 9.17) is 4.42 Å². The highest BCUT2D eigenvalue weighted by atomic mass is 16.3. The molecule has 128 valence electrons. The molecule has 2 aromatic rings. The van der Waals surface area contributed by atoms with Gasteiger partial charge in [0, 0.05) is 51.0 Å². The van der Waals surface area contributed by atoms with E-state index >= 15 is 0 Å². The third-order valence-electron chi connectivity index (χ3n) is 4.82. The summed E-state index contributed by atoms with van der Waals surface area (Å²) in [6.07, 6.45) is 7.55. The Kier molecular flexibility index (Phi) is 4.25. The van der Waals surface area contributed by atoms with Crippen molar-refractivity contribution in [3.8, 4) is 0 Å². The molecule has 0 saturated carbocycles. The van der Waals surface area contributed by atoms with Crippen LogP contribution >= 0.6 is 0 Å². The molecule has 1 fully saturated rings. The lowest BCUT2D eigenvalue weighted by Crippen LogP contribution is -2.45. The van der Waals surface area contributed by atoms with E-state index in [0.29, 0.717) is 6.54 Å². The number of amides is 2. The summed E-state index contributed by atoms with van der Waals surface area (Å²) >= 11 is 0. The van der Waals surface area contributed by atoms with E-state index in [2.05, 4.69) is 26.1 Å². The van der Waals surface area contributed by atoms with Crippen LogP contribution in [0.15, 0.2) is 35.3 Å². The summed E-state index contributed by atoms with van der Waals surface area (Å²) in [5.74, 6) is 0. The fourth-order valence-corrected chi connectivity index (χ4v) is 3.61. The number of urea groups is 1. The number of hydrogen-bond donors (Lipinski definition) is 1. The van der Waals surface area contributed by atoms with Gasteiger partial charge in [-0.15, -0.1) is 0 Å². The zero-order chi connectivity index (χ0) is 16.4. The number of rotatable bonds is 4. The summed E-state index contributed by atoms with van der Waals surface area (Å²) in [4.78, 5) is 16.5. The first-order valence-corrected chi connectivity index (χ1v) is 8.58. The largest absolute Gasteiger partial charge is 0.472 e. The van der Waals surface area contributed by atoms with Crippen LogP contribution in [0.2, 0.25) is 0 Å². The van der Waals surface area contributed by atoms with Gasteiger partial charge in [-0.25, -0.2) is 4.79 Å². The normalized spacial score (nSPS) is 21.0. The van der Waals surface area contributed by atoms with Gasteiger partial charge < -0.3 is 14.6 Å². The van der Waals surface area contributed by atoms with Gasteiger partial charge in [-0.3, -0.25) is 9.58 Å². The van der Waals surface area contributed by atoms with Crippen LogP contribution in [0.25, 0.3) is 0 Å². The first-order valence-electron chi connectivity index (χ1n) is 8.58. The predicted molar refractivity (Wildman–Crippen MR) is 88.3 cm³/mol. The van der Waals surface area contributed by atoms with Gasteiger partial charge in [0.05, 0.1) is 24.3 Å². The molecular weight excluding hydrogens is 306 g/mol. The molecule has 0 aromatic carbocycles. The van der Waals surface area contributed by atoms with Crippen LogP contribution in [0.1, 0.15) is 30.1 Å². The number of likely N-dealkylation sites (tertiary alicyclic amines) is 1. The fraction of sp³-hybridized carbons (Fsp3) is 0.529. The molecule has 24 heavy (non-hydrogen) atoms. The molecule has 1 unspecified atom stereocenters. The summed E-state index contributed by atoms with van der Waals surface area (Å²) in [5, 5.41) is 7.54. The van der Waals surface area contributed by atoms with Gasteiger partial charge in [-0.1, -0.05) is 0 Å². The molecule has 0 bridgehead atoms. The number of nitrogens with one attached hydrogen (secondary N) is 1. The number of aromatic nitrogens is 2. The molecule has 2 amide bonds. The van der Waals surface area contributed by atoms with E-state index in [9.17, 15) is 4.79 Å². The molecule has 0 spiro atoms. The van der Waals surface area contributed by atoms with E-state index < -0.39 is 0 Å². The maximum absolute atomic E-state index is 12.2. The maximum atomic E-state index is 12.2. The molecular formula is C17H23N5O2. The second-order valence-corrected chi connectivity index (χ2v) is 6.60. The zero-order valence-corrected chi connectivity index (χ0v) is 13.7. The number of furan rings is 1. The smallest absolute Gasteiger partial charge is 0.317 e. The highest BCUT2D eigenvalue weighted by molar-refractivity contribution is 5.74. The molecule has 7 heteroatoms. The Balaban J connectivity index is 1.40. The van der Waals surface area contributed by atoms with Gasteiger partial charge in [0.1, 0.15) is 0 Å². The Morgan fingerprint density at radius 3 is 3.00 bits per heavy atom. The molecule has 0 radical (unpaired) electrons. The second-order valence-electron chi connectivity index (χ2n) is 6.60. The molecule has 4 heterocycles. The molecule has 2 aromatic heterocycles. The lowest BCUT2D eigenvalue weighted by atomic mass is 10.1. The van der Waals surface area contributed by atoms with Crippen molar-refractivity contribution in [2.75, 3.05) is 26.2 Å². The van der Waals surface area contributed by atoms with Crippen LogP contribution in [0, 0.1) is 0 Å². The highest BCUT2D eigenvalue weighted by Gasteiger charge is 2.27. The van der Waals surface area contributed by atoms with Gasteiger partial charge >= 0.3 is 6.03 Å². The van der Waals surface area contributed by atoms with Crippen LogP contribution in [-0.2, 0) is 13.1 Å². The summed E-state index contributed by atoms with van der Waals surface area (Å²) in [7, 11) is 0. The summed E-state index contributed by atoms with van der Waals surface area (Å²) in [6, 6.07) is 4.25. The SMILES string of the molecule is O=C(NCC1CN(Cc2ccoc2)Cc2ccnn21)N1CCCC1. The van der Waals surface area contributed by atoms with Crippen molar-refractivity contribution in [2.24, 2.45) is 0 Å². The highest BCUT2D eigenvalue weighted by Crippen LogP contribution is 2.22. The van der Waals surface area contributed by atoms with Crippen molar-refractivity contribution in [1.29, 1.82) is 0 Å². The first-order chi connectivity index (χ1) is 11.8. The number of carbonyl (C=O) groups is 1. The summed E-state index contributed by atoms with van der Waals surface area (Å²) < 4.78 is 7.22. The molecule has 1 atom stereocenters. The molecule has 7 nitrogen and oxygen atoms in total. The molecule has 0 aliphatic carbocycles. The van der Waals surface area contributed by atoms with Crippen molar-refractivity contribution in [3.63, 3.8) is 0 Å². The lowest BCUT2D eigenvalue weighted by molar-refractivity contribution is 0.161. The van der Waals surface area contributed by atoms with Crippen molar-refractivity contribution in [2.45, 2.75) is 32.0 Å². The minimum absolute atomic E-state index is 0.0492. The van der Waals surface area contributed by atoms with Crippen LogP contribution in [0.3, 0.4) is 0 Å². The fourth-order valence-electron chi connectivity index (χ4n) is 3.61. The van der Waals surface area contributed by atoms with E-state index in [1.165, 1.54) is 11.3 Å². The minimum atomic E-state index is 0.0492. The van der Waals surface area contributed by atoms with Crippen LogP contribution in [0.5, 0.6) is 0 Å². The molecule has 1 N–H and O–H groups in total. The number of nitrogens with zero attached hydrogens (tertiary/aromatic N) is 4. The summed E-state index contributed by atoms with van der Waals surface area (Å²) in [5.41, 5.74) is 2.35. The first kappa shape index (κ1) is 15.3. The average molecular weight is 329 g/mol. The Labute approximate surface area is 141 Å². The van der Waals surface area contributed by atoms with Crippen molar-refractivity contribution in [3.05, 3.63) is 42.1 Å². The number of carbonyl (C=O) groups excluding carboxylic acids is 1. The van der Waals surface area contributed by atoms with Crippen molar-refractivity contribution in [1.82, 2.24) is 24.9 Å². The van der Waals surface area contributed by atoms with E-state index in [1.54, 1.807) is 12.5 Å². The standard InChI is InChI=1S/C17H23N5O2/c23-17(21-6-1-2-7-21)18-9-16-12-20(10-14-4-8-24-13-14)11-15-3-5-19-22(15)16/h3-5,8,13,16H,1-2,6-7,9-12H2,(H,18,23). The van der Waals surface area contributed by atoms with Gasteiger partial charge in [0.15, 0.2) is 0 Å². The lowest BCUT2D eigenvalue weighted by Gasteiger charge is -2.34. The molecule has 1 saturated heterocycles. The quantitative estimate of drug-likeness (QED) is 0.929. The number of fused-ring (bicyclic) bond motifs is 1. The zero-order valence-electron chi connectivity index (χ0n) is 13.7. The monoisotopic (exact) mass is 329 g/mol. The Hall–Kier alpha value is -2.28. The molecule has 2 aliphatic rings. The van der Waals surface area contributed by atoms with Crippen LogP contribution in [-0.4, -0.2) is 51.8 Å². The summed E-state index contributed by atoms with van der Waals surface area (Å²) in [6.45, 7) is 4.91. The second kappa shape index (κ2) is 6.68. The topological polar surface area (TPSA) is 66.5 Å². The van der Waals surface area contributed by atoms with Gasteiger partial charge in [-0.05, 0) is 25.0 Å². The maximum Gasteiger partial charge on any atom is 0.317 e. The predicted octanol–water partition coefficient (Wildman–Crippen LogP) is 1.84. The number of hydrogen-bond acceptors (Lipinski definition) is 4. The Bertz CT molecular complexity index is 675. The molecule has 4 rings (SSSR count). The van der Waals surface area contributed by atoms with Crippen molar-refractivity contribution < 1.29 is 9.21 Å². The Morgan fingerprint density at radius 1 is 1.33 bits per heavy atom. The van der Waals surface area contributed by atoms with Crippen molar-refractivity contribution >= 4 is 6.03 Å². The Morgan fingerprint density at radius 2 is 2.21 bits per heavy atom. The van der Waals surface area contributed by atoms with Gasteiger partial charge in [0.2, 0.25) is 0 Å².